The SMILES string of the molecule is C#CC(=O)CCC(C)C. The molecule has 0 unspecified atom stereocenters. The van der Waals surface area contributed by atoms with Crippen molar-refractivity contribution in [2.45, 2.75) is 26.7 Å². The Labute approximate surface area is 56.5 Å². The standard InChI is InChI=1S/C8H12O/c1-4-8(9)6-5-7(2)3/h1,7H,5-6H2,2-3H3. The van der Waals surface area contributed by atoms with Crippen molar-refractivity contribution >= 4 is 5.78 Å². The molecule has 0 aromatic rings. The lowest BCUT2D eigenvalue weighted by molar-refractivity contribution is -0.114. The lowest BCUT2D eigenvalue weighted by atomic mass is 10.1. The molecule has 0 heterocycles. The van der Waals surface area contributed by atoms with Crippen molar-refractivity contribution in [1.29, 1.82) is 0 Å². The van der Waals surface area contributed by atoms with E-state index in [0.29, 0.717) is 12.3 Å². The van der Waals surface area contributed by atoms with Crippen LogP contribution < -0.4 is 0 Å². The number of terminal acetylenes is 1. The molecule has 0 aromatic heterocycles. The second-order valence-corrected chi connectivity index (χ2v) is 2.50. The summed E-state index contributed by atoms with van der Waals surface area (Å²) < 4.78 is 0. The summed E-state index contributed by atoms with van der Waals surface area (Å²) in [7, 11) is 0. The molecule has 0 aliphatic carbocycles. The van der Waals surface area contributed by atoms with E-state index in [1.165, 1.54) is 0 Å². The molecule has 0 radical (unpaired) electrons. The molecule has 0 aromatic carbocycles. The Hall–Kier alpha value is -0.770. The van der Waals surface area contributed by atoms with Crippen LogP contribution >= 0.6 is 0 Å². The minimum absolute atomic E-state index is 0.0799. The maximum Gasteiger partial charge on any atom is 0.205 e. The largest absolute Gasteiger partial charge is 0.285 e. The summed E-state index contributed by atoms with van der Waals surface area (Å²) in [4.78, 5) is 10.5. The predicted molar refractivity (Wildman–Crippen MR) is 37.9 cm³/mol. The number of hydrogen-bond acceptors (Lipinski definition) is 1. The molecule has 0 bridgehead atoms. The normalized spacial score (nSPS) is 9.11. The van der Waals surface area contributed by atoms with Gasteiger partial charge in [-0.15, -0.1) is 6.42 Å². The first-order valence-electron chi connectivity index (χ1n) is 3.16. The summed E-state index contributed by atoms with van der Waals surface area (Å²) >= 11 is 0. The smallest absolute Gasteiger partial charge is 0.205 e. The van der Waals surface area contributed by atoms with Crippen molar-refractivity contribution in [1.82, 2.24) is 0 Å². The van der Waals surface area contributed by atoms with Gasteiger partial charge in [-0.3, -0.25) is 4.79 Å². The van der Waals surface area contributed by atoms with E-state index in [0.717, 1.165) is 6.42 Å². The van der Waals surface area contributed by atoms with Crippen LogP contribution in [0.2, 0.25) is 0 Å². The maximum atomic E-state index is 10.5. The predicted octanol–water partition coefficient (Wildman–Crippen LogP) is 1.62. The Bertz CT molecular complexity index is 128. The number of Topliss-reactive ketones (excluding diaryl/α,β-unsaturated/α-hetero) is 1. The summed E-state index contributed by atoms with van der Waals surface area (Å²) in [5.74, 6) is 2.57. The Morgan fingerprint density at radius 3 is 2.56 bits per heavy atom. The third-order valence-corrected chi connectivity index (χ3v) is 1.11. The van der Waals surface area contributed by atoms with Crippen LogP contribution in [-0.2, 0) is 4.79 Å². The highest BCUT2D eigenvalue weighted by Crippen LogP contribution is 2.02. The van der Waals surface area contributed by atoms with Crippen molar-refractivity contribution in [3.05, 3.63) is 0 Å². The highest BCUT2D eigenvalue weighted by atomic mass is 16.1. The second kappa shape index (κ2) is 4.14. The highest BCUT2D eigenvalue weighted by Gasteiger charge is 1.98. The van der Waals surface area contributed by atoms with Crippen LogP contribution in [0.5, 0.6) is 0 Å². The van der Waals surface area contributed by atoms with Crippen LogP contribution in [0, 0.1) is 18.3 Å². The summed E-state index contributed by atoms with van der Waals surface area (Å²) in [5, 5.41) is 0. The summed E-state index contributed by atoms with van der Waals surface area (Å²) in [5.41, 5.74) is 0. The zero-order chi connectivity index (χ0) is 7.28. The molecule has 1 heteroatoms. The number of hydrogen-bond donors (Lipinski definition) is 0. The summed E-state index contributed by atoms with van der Waals surface area (Å²) in [6.45, 7) is 4.15. The minimum atomic E-state index is -0.0799. The zero-order valence-electron chi connectivity index (χ0n) is 5.98. The molecule has 0 atom stereocenters. The Balaban J connectivity index is 3.31. The molecule has 0 spiro atoms. The Kier molecular flexibility index (Phi) is 3.79. The van der Waals surface area contributed by atoms with Gasteiger partial charge in [0.25, 0.3) is 0 Å². The molecule has 1 nitrogen and oxygen atoms in total. The van der Waals surface area contributed by atoms with Gasteiger partial charge in [-0.2, -0.15) is 0 Å². The van der Waals surface area contributed by atoms with E-state index in [9.17, 15) is 4.79 Å². The summed E-state index contributed by atoms with van der Waals surface area (Å²) in [6.07, 6.45) is 6.30. The molecule has 0 rings (SSSR count). The summed E-state index contributed by atoms with van der Waals surface area (Å²) in [6, 6.07) is 0. The van der Waals surface area contributed by atoms with Crippen LogP contribution in [-0.4, -0.2) is 5.78 Å². The van der Waals surface area contributed by atoms with Gasteiger partial charge in [-0.05, 0) is 18.3 Å². The van der Waals surface area contributed by atoms with E-state index in [2.05, 4.69) is 19.8 Å². The fourth-order valence-corrected chi connectivity index (χ4v) is 0.492. The van der Waals surface area contributed by atoms with Gasteiger partial charge >= 0.3 is 0 Å². The van der Waals surface area contributed by atoms with E-state index < -0.39 is 0 Å². The number of carbonyl (C=O) groups excluding carboxylic acids is 1. The third-order valence-electron chi connectivity index (χ3n) is 1.11. The second-order valence-electron chi connectivity index (χ2n) is 2.50. The minimum Gasteiger partial charge on any atom is -0.285 e. The molecular weight excluding hydrogens is 112 g/mol. The zero-order valence-corrected chi connectivity index (χ0v) is 5.98. The quantitative estimate of drug-likeness (QED) is 0.413. The molecule has 0 amide bonds. The highest BCUT2D eigenvalue weighted by molar-refractivity contribution is 5.94. The fraction of sp³-hybridized carbons (Fsp3) is 0.625. The Morgan fingerprint density at radius 1 is 1.67 bits per heavy atom. The van der Waals surface area contributed by atoms with Crippen LogP contribution in [0.25, 0.3) is 0 Å². The van der Waals surface area contributed by atoms with Gasteiger partial charge in [0, 0.05) is 6.42 Å². The first-order chi connectivity index (χ1) is 4.16. The first-order valence-corrected chi connectivity index (χ1v) is 3.16. The van der Waals surface area contributed by atoms with Gasteiger partial charge in [0.15, 0.2) is 0 Å². The number of ketones is 1. The van der Waals surface area contributed by atoms with Crippen molar-refractivity contribution in [2.24, 2.45) is 5.92 Å². The van der Waals surface area contributed by atoms with Crippen LogP contribution in [0.3, 0.4) is 0 Å². The van der Waals surface area contributed by atoms with Gasteiger partial charge in [-0.25, -0.2) is 0 Å². The topological polar surface area (TPSA) is 17.1 Å². The van der Waals surface area contributed by atoms with E-state index >= 15 is 0 Å². The lowest BCUT2D eigenvalue weighted by Gasteiger charge is -1.98. The van der Waals surface area contributed by atoms with Crippen LogP contribution in [0.4, 0.5) is 0 Å². The van der Waals surface area contributed by atoms with Crippen molar-refractivity contribution in [3.8, 4) is 12.3 Å². The number of rotatable bonds is 3. The maximum absolute atomic E-state index is 10.5. The molecule has 0 saturated heterocycles. The molecule has 50 valence electrons. The van der Waals surface area contributed by atoms with Crippen LogP contribution in [0.1, 0.15) is 26.7 Å². The molecule has 0 aliphatic rings. The number of carbonyl (C=O) groups is 1. The van der Waals surface area contributed by atoms with Crippen molar-refractivity contribution < 1.29 is 4.79 Å². The van der Waals surface area contributed by atoms with Gasteiger partial charge in [-0.1, -0.05) is 13.8 Å². The average Bonchev–Trinajstić information content (AvgIpc) is 1.83. The third kappa shape index (κ3) is 5.10. The van der Waals surface area contributed by atoms with Crippen LogP contribution in [0.15, 0.2) is 0 Å². The van der Waals surface area contributed by atoms with Gasteiger partial charge in [0.1, 0.15) is 0 Å². The molecule has 0 saturated carbocycles. The van der Waals surface area contributed by atoms with E-state index in [1.54, 1.807) is 0 Å². The van der Waals surface area contributed by atoms with Gasteiger partial charge < -0.3 is 0 Å². The van der Waals surface area contributed by atoms with E-state index in [1.807, 2.05) is 0 Å². The molecule has 0 aliphatic heterocycles. The van der Waals surface area contributed by atoms with Crippen molar-refractivity contribution in [3.63, 3.8) is 0 Å². The first kappa shape index (κ1) is 8.23. The van der Waals surface area contributed by atoms with Crippen molar-refractivity contribution in [2.75, 3.05) is 0 Å². The molecule has 0 fully saturated rings. The van der Waals surface area contributed by atoms with Gasteiger partial charge in [0.05, 0.1) is 0 Å². The lowest BCUT2D eigenvalue weighted by Crippen LogP contribution is -1.95. The molecular formula is C8H12O. The molecule has 9 heavy (non-hydrogen) atoms. The van der Waals surface area contributed by atoms with E-state index in [4.69, 9.17) is 6.42 Å². The van der Waals surface area contributed by atoms with Gasteiger partial charge in [0.2, 0.25) is 5.78 Å². The Morgan fingerprint density at radius 2 is 2.22 bits per heavy atom. The molecule has 0 N–H and O–H groups in total. The monoisotopic (exact) mass is 124 g/mol. The fourth-order valence-electron chi connectivity index (χ4n) is 0.492. The average molecular weight is 124 g/mol. The van der Waals surface area contributed by atoms with E-state index in [-0.39, 0.29) is 5.78 Å².